The van der Waals surface area contributed by atoms with Crippen molar-refractivity contribution in [3.63, 3.8) is 0 Å². The molecule has 13 heavy (non-hydrogen) atoms. The van der Waals surface area contributed by atoms with Crippen LogP contribution in [0.3, 0.4) is 0 Å². The lowest BCUT2D eigenvalue weighted by Gasteiger charge is -2.04. The summed E-state index contributed by atoms with van der Waals surface area (Å²) in [6, 6.07) is 0. The fourth-order valence-electron chi connectivity index (χ4n) is 1.55. The van der Waals surface area contributed by atoms with Crippen molar-refractivity contribution in [1.82, 2.24) is 4.98 Å². The topological polar surface area (TPSA) is 12.9 Å². The SMILES string of the molecule is BrCC1CC1c1c(Br)cncc1Br. The number of nitrogens with zero attached hydrogens (tertiary/aromatic N) is 1. The van der Waals surface area contributed by atoms with E-state index in [0.29, 0.717) is 5.92 Å². The molecule has 1 aliphatic carbocycles. The Bertz CT molecular complexity index is 306. The Morgan fingerprint density at radius 2 is 1.92 bits per heavy atom. The summed E-state index contributed by atoms with van der Waals surface area (Å²) >= 11 is 10.6. The maximum absolute atomic E-state index is 4.10. The van der Waals surface area contributed by atoms with Crippen LogP contribution < -0.4 is 0 Å². The summed E-state index contributed by atoms with van der Waals surface area (Å²) in [6.45, 7) is 0. The molecule has 0 aromatic carbocycles. The van der Waals surface area contributed by atoms with Crippen LogP contribution in [0.4, 0.5) is 0 Å². The quantitative estimate of drug-likeness (QED) is 0.715. The van der Waals surface area contributed by atoms with E-state index in [1.54, 1.807) is 0 Å². The molecule has 1 aromatic rings. The summed E-state index contributed by atoms with van der Waals surface area (Å²) in [5, 5.41) is 1.10. The van der Waals surface area contributed by atoms with E-state index in [1.165, 1.54) is 12.0 Å². The molecule has 0 saturated heterocycles. The van der Waals surface area contributed by atoms with Crippen molar-refractivity contribution in [2.24, 2.45) is 5.92 Å². The molecule has 2 unspecified atom stereocenters. The number of hydrogen-bond donors (Lipinski definition) is 0. The third-order valence-corrected chi connectivity index (χ3v) is 4.48. The van der Waals surface area contributed by atoms with Crippen LogP contribution in [0.15, 0.2) is 21.3 Å². The molecule has 1 aromatic heterocycles. The molecule has 4 heteroatoms. The number of halogens is 3. The van der Waals surface area contributed by atoms with E-state index in [0.717, 1.165) is 20.2 Å². The van der Waals surface area contributed by atoms with Crippen LogP contribution in [0, 0.1) is 5.92 Å². The average Bonchev–Trinajstić information content (AvgIpc) is 2.83. The van der Waals surface area contributed by atoms with Crippen LogP contribution >= 0.6 is 47.8 Å². The number of pyridine rings is 1. The normalized spacial score (nSPS) is 26.1. The monoisotopic (exact) mass is 367 g/mol. The van der Waals surface area contributed by atoms with Gasteiger partial charge in [-0.1, -0.05) is 15.9 Å². The lowest BCUT2D eigenvalue weighted by molar-refractivity contribution is 0.924. The van der Waals surface area contributed by atoms with Crippen molar-refractivity contribution in [3.05, 3.63) is 26.9 Å². The molecule has 1 aliphatic rings. The summed E-state index contributed by atoms with van der Waals surface area (Å²) in [5.41, 5.74) is 1.37. The van der Waals surface area contributed by atoms with Crippen molar-refractivity contribution >= 4 is 47.8 Å². The fraction of sp³-hybridized carbons (Fsp3) is 0.444. The Balaban J connectivity index is 2.30. The summed E-state index contributed by atoms with van der Waals surface area (Å²) in [7, 11) is 0. The molecular formula is C9H8Br3N. The van der Waals surface area contributed by atoms with Gasteiger partial charge in [0.15, 0.2) is 0 Å². The zero-order valence-electron chi connectivity index (χ0n) is 6.80. The molecule has 0 N–H and O–H groups in total. The van der Waals surface area contributed by atoms with Gasteiger partial charge < -0.3 is 0 Å². The van der Waals surface area contributed by atoms with E-state index in [1.807, 2.05) is 12.4 Å². The van der Waals surface area contributed by atoms with Gasteiger partial charge in [-0.2, -0.15) is 0 Å². The van der Waals surface area contributed by atoms with Gasteiger partial charge in [0.25, 0.3) is 0 Å². The highest BCUT2D eigenvalue weighted by Gasteiger charge is 2.39. The standard InChI is InChI=1S/C9H8Br3N/c10-2-5-1-6(5)9-7(11)3-13-4-8(9)12/h3-6H,1-2H2. The molecule has 1 nitrogen and oxygen atoms in total. The molecule has 1 heterocycles. The molecule has 2 rings (SSSR count). The van der Waals surface area contributed by atoms with Gasteiger partial charge in [-0.25, -0.2) is 0 Å². The smallest absolute Gasteiger partial charge is 0.0413 e. The van der Waals surface area contributed by atoms with Crippen LogP contribution in [0.25, 0.3) is 0 Å². The second-order valence-corrected chi connectivity index (χ2v) is 5.63. The third kappa shape index (κ3) is 2.00. The Kier molecular flexibility index (Phi) is 3.11. The lowest BCUT2D eigenvalue weighted by atomic mass is 10.1. The average molecular weight is 370 g/mol. The van der Waals surface area contributed by atoms with Gasteiger partial charge in [0, 0.05) is 26.7 Å². The van der Waals surface area contributed by atoms with Gasteiger partial charge in [-0.05, 0) is 55.7 Å². The van der Waals surface area contributed by atoms with Crippen molar-refractivity contribution in [2.45, 2.75) is 12.3 Å². The number of aromatic nitrogens is 1. The fourth-order valence-corrected chi connectivity index (χ4v) is 3.78. The maximum Gasteiger partial charge on any atom is 0.0413 e. The van der Waals surface area contributed by atoms with E-state index in [-0.39, 0.29) is 0 Å². The highest BCUT2D eigenvalue weighted by molar-refractivity contribution is 9.11. The second-order valence-electron chi connectivity index (χ2n) is 3.27. The van der Waals surface area contributed by atoms with Crippen LogP contribution in [0.2, 0.25) is 0 Å². The van der Waals surface area contributed by atoms with Gasteiger partial charge in [-0.15, -0.1) is 0 Å². The minimum Gasteiger partial charge on any atom is -0.262 e. The van der Waals surface area contributed by atoms with Gasteiger partial charge in [0.1, 0.15) is 0 Å². The minimum absolute atomic E-state index is 0.700. The minimum atomic E-state index is 0.700. The van der Waals surface area contributed by atoms with Crippen molar-refractivity contribution in [3.8, 4) is 0 Å². The molecule has 0 spiro atoms. The van der Waals surface area contributed by atoms with E-state index < -0.39 is 0 Å². The molecule has 0 aliphatic heterocycles. The van der Waals surface area contributed by atoms with Gasteiger partial charge >= 0.3 is 0 Å². The summed E-state index contributed by atoms with van der Waals surface area (Å²) in [5.74, 6) is 1.50. The number of alkyl halides is 1. The zero-order valence-corrected chi connectivity index (χ0v) is 11.6. The van der Waals surface area contributed by atoms with E-state index >= 15 is 0 Å². The van der Waals surface area contributed by atoms with Crippen molar-refractivity contribution in [2.75, 3.05) is 5.33 Å². The van der Waals surface area contributed by atoms with Crippen molar-refractivity contribution < 1.29 is 0 Å². The molecule has 0 bridgehead atoms. The molecule has 0 amide bonds. The predicted molar refractivity (Wildman–Crippen MR) is 64.3 cm³/mol. The summed E-state index contributed by atoms with van der Waals surface area (Å²) < 4.78 is 2.24. The maximum atomic E-state index is 4.10. The second kappa shape index (κ2) is 3.99. The summed E-state index contributed by atoms with van der Waals surface area (Å²) in [6.07, 6.45) is 5.01. The van der Waals surface area contributed by atoms with Crippen LogP contribution in [0.5, 0.6) is 0 Å². The van der Waals surface area contributed by atoms with Crippen LogP contribution in [0.1, 0.15) is 17.9 Å². The third-order valence-electron chi connectivity index (χ3n) is 2.38. The van der Waals surface area contributed by atoms with Gasteiger partial charge in [-0.3, -0.25) is 4.98 Å². The van der Waals surface area contributed by atoms with E-state index in [4.69, 9.17) is 0 Å². The Morgan fingerprint density at radius 1 is 1.31 bits per heavy atom. The first-order valence-electron chi connectivity index (χ1n) is 4.09. The molecular weight excluding hydrogens is 362 g/mol. The first-order valence-corrected chi connectivity index (χ1v) is 6.79. The first kappa shape index (κ1) is 10.1. The molecule has 0 radical (unpaired) electrons. The Labute approximate surface area is 103 Å². The van der Waals surface area contributed by atoms with E-state index in [9.17, 15) is 0 Å². The molecule has 1 saturated carbocycles. The van der Waals surface area contributed by atoms with Gasteiger partial charge in [0.05, 0.1) is 0 Å². The molecule has 2 atom stereocenters. The summed E-state index contributed by atoms with van der Waals surface area (Å²) in [4.78, 5) is 4.10. The van der Waals surface area contributed by atoms with Crippen molar-refractivity contribution in [1.29, 1.82) is 0 Å². The highest BCUT2D eigenvalue weighted by atomic mass is 79.9. The Hall–Kier alpha value is 0.590. The predicted octanol–water partition coefficient (Wildman–Crippen LogP) is 4.11. The highest BCUT2D eigenvalue weighted by Crippen LogP contribution is 2.52. The Morgan fingerprint density at radius 3 is 2.38 bits per heavy atom. The zero-order chi connectivity index (χ0) is 9.42. The molecule has 70 valence electrons. The largest absolute Gasteiger partial charge is 0.262 e. The van der Waals surface area contributed by atoms with Crippen LogP contribution in [-0.2, 0) is 0 Å². The van der Waals surface area contributed by atoms with Gasteiger partial charge in [0.2, 0.25) is 0 Å². The molecule has 1 fully saturated rings. The van der Waals surface area contributed by atoms with Crippen LogP contribution in [-0.4, -0.2) is 10.3 Å². The number of hydrogen-bond acceptors (Lipinski definition) is 1. The first-order chi connectivity index (χ1) is 6.24. The number of rotatable bonds is 2. The van der Waals surface area contributed by atoms with E-state index in [2.05, 4.69) is 52.8 Å². The lowest BCUT2D eigenvalue weighted by Crippen LogP contribution is -1.89.